The van der Waals surface area contributed by atoms with Gasteiger partial charge in [0.15, 0.2) is 0 Å². The number of carbonyl (C=O) groups is 1. The summed E-state index contributed by atoms with van der Waals surface area (Å²) in [6, 6.07) is 0. The quantitative estimate of drug-likeness (QED) is 0.256. The van der Waals surface area contributed by atoms with Crippen LogP contribution in [0, 0.1) is 0 Å². The summed E-state index contributed by atoms with van der Waals surface area (Å²) in [5.74, 6) is 0.369. The van der Waals surface area contributed by atoms with Gasteiger partial charge >= 0.3 is 0 Å². The molecular weight excluding hydrogens is 384 g/mol. The second kappa shape index (κ2) is 16.1. The molecule has 0 aromatic carbocycles. The Hall–Kier alpha value is -0.610. The Labute approximate surface area is 193 Å². The molecule has 2 aliphatic heterocycles. The fourth-order valence-electron chi connectivity index (χ4n) is 5.26. The van der Waals surface area contributed by atoms with Gasteiger partial charge in [0.25, 0.3) is 0 Å². The van der Waals surface area contributed by atoms with Crippen molar-refractivity contribution in [1.29, 1.82) is 0 Å². The molecule has 4 heteroatoms. The van der Waals surface area contributed by atoms with E-state index < -0.39 is 0 Å². The Morgan fingerprint density at radius 3 is 1.90 bits per heavy atom. The number of morpholine rings is 1. The summed E-state index contributed by atoms with van der Waals surface area (Å²) in [5, 5.41) is 0. The van der Waals surface area contributed by atoms with E-state index in [9.17, 15) is 4.79 Å². The van der Waals surface area contributed by atoms with Crippen molar-refractivity contribution in [2.45, 2.75) is 129 Å². The van der Waals surface area contributed by atoms with E-state index in [0.29, 0.717) is 5.91 Å². The van der Waals surface area contributed by atoms with E-state index in [4.69, 9.17) is 4.74 Å². The predicted octanol–water partition coefficient (Wildman–Crippen LogP) is 6.57. The number of piperidine rings is 1. The summed E-state index contributed by atoms with van der Waals surface area (Å²) in [7, 11) is 0. The number of amides is 1. The number of carbonyl (C=O) groups excluding carboxylic acids is 1. The first-order valence-corrected chi connectivity index (χ1v) is 13.8. The van der Waals surface area contributed by atoms with Gasteiger partial charge in [-0.15, -0.1) is 0 Å². The Morgan fingerprint density at radius 2 is 1.29 bits per heavy atom. The maximum atomic E-state index is 12.5. The Kier molecular flexibility index (Phi) is 13.8. The molecule has 1 spiro atoms. The average Bonchev–Trinajstić information content (AvgIpc) is 2.78. The Bertz CT molecular complexity index is 460. The number of nitrogens with zero attached hydrogens (tertiary/aromatic N) is 2. The molecule has 0 N–H and O–H groups in total. The van der Waals surface area contributed by atoms with Crippen molar-refractivity contribution in [3.05, 3.63) is 0 Å². The maximum absolute atomic E-state index is 12.5. The predicted molar refractivity (Wildman–Crippen MR) is 132 cm³/mol. The number of hydrogen-bond donors (Lipinski definition) is 0. The van der Waals surface area contributed by atoms with Crippen LogP contribution in [0.4, 0.5) is 0 Å². The van der Waals surface area contributed by atoms with E-state index in [1.165, 1.54) is 90.0 Å². The number of hydrogen-bond acceptors (Lipinski definition) is 3. The first-order valence-electron chi connectivity index (χ1n) is 13.8. The third kappa shape index (κ3) is 10.7. The van der Waals surface area contributed by atoms with Crippen molar-refractivity contribution in [2.24, 2.45) is 0 Å². The molecule has 2 aliphatic rings. The van der Waals surface area contributed by atoms with Crippen LogP contribution in [0.1, 0.15) is 123 Å². The van der Waals surface area contributed by atoms with Crippen molar-refractivity contribution >= 4 is 5.91 Å². The highest BCUT2D eigenvalue weighted by Gasteiger charge is 2.40. The van der Waals surface area contributed by atoms with E-state index in [1.807, 2.05) is 0 Å². The lowest BCUT2D eigenvalue weighted by molar-refractivity contribution is -0.150. The number of unbranched alkanes of at least 4 members (excludes halogenated alkanes) is 12. The molecule has 0 unspecified atom stereocenters. The van der Waals surface area contributed by atoms with Gasteiger partial charge in [0.05, 0.1) is 12.2 Å². The highest BCUT2D eigenvalue weighted by atomic mass is 16.5. The van der Waals surface area contributed by atoms with Gasteiger partial charge in [-0.1, -0.05) is 90.9 Å². The molecule has 2 fully saturated rings. The average molecular weight is 437 g/mol. The molecule has 2 rings (SSSR count). The topological polar surface area (TPSA) is 32.8 Å². The maximum Gasteiger partial charge on any atom is 0.222 e. The fraction of sp³-hybridized carbons (Fsp3) is 0.963. The molecular formula is C27H52N2O2. The van der Waals surface area contributed by atoms with E-state index in [-0.39, 0.29) is 5.60 Å². The van der Waals surface area contributed by atoms with Crippen LogP contribution in [0.25, 0.3) is 0 Å². The lowest BCUT2D eigenvalue weighted by Gasteiger charge is -2.47. The summed E-state index contributed by atoms with van der Waals surface area (Å²) < 4.78 is 6.30. The van der Waals surface area contributed by atoms with Gasteiger partial charge in [-0.25, -0.2) is 0 Å². The summed E-state index contributed by atoms with van der Waals surface area (Å²) >= 11 is 0. The van der Waals surface area contributed by atoms with Gasteiger partial charge < -0.3 is 9.64 Å². The minimum absolute atomic E-state index is 0.00936. The molecule has 4 nitrogen and oxygen atoms in total. The van der Waals surface area contributed by atoms with Crippen molar-refractivity contribution in [3.8, 4) is 0 Å². The molecule has 31 heavy (non-hydrogen) atoms. The molecule has 182 valence electrons. The molecule has 0 aliphatic carbocycles. The van der Waals surface area contributed by atoms with Gasteiger partial charge in [-0.3, -0.25) is 9.69 Å². The molecule has 1 amide bonds. The fourth-order valence-corrected chi connectivity index (χ4v) is 5.26. The molecule has 2 saturated heterocycles. The van der Waals surface area contributed by atoms with Gasteiger partial charge in [0.2, 0.25) is 5.91 Å². The molecule has 0 bridgehead atoms. The molecule has 2 heterocycles. The van der Waals surface area contributed by atoms with Crippen LogP contribution >= 0.6 is 0 Å². The first kappa shape index (κ1) is 26.6. The van der Waals surface area contributed by atoms with E-state index in [2.05, 4.69) is 23.6 Å². The zero-order valence-corrected chi connectivity index (χ0v) is 21.0. The van der Waals surface area contributed by atoms with Crippen molar-refractivity contribution in [1.82, 2.24) is 9.80 Å². The third-order valence-corrected chi connectivity index (χ3v) is 7.43. The third-order valence-electron chi connectivity index (χ3n) is 7.43. The van der Waals surface area contributed by atoms with Crippen molar-refractivity contribution in [2.75, 3.05) is 39.3 Å². The van der Waals surface area contributed by atoms with E-state index >= 15 is 0 Å². The van der Waals surface area contributed by atoms with Crippen LogP contribution in [0.2, 0.25) is 0 Å². The smallest absolute Gasteiger partial charge is 0.222 e. The number of ether oxygens (including phenoxy) is 1. The molecule has 0 radical (unpaired) electrons. The molecule has 0 saturated carbocycles. The van der Waals surface area contributed by atoms with Crippen LogP contribution in [0.3, 0.4) is 0 Å². The standard InChI is InChI=1S/C27H52N2O2/c1-3-5-7-9-10-11-12-14-16-20-28-23-24-31-27(25-28)18-21-29(22-19-27)26(30)17-15-13-8-6-4-2/h3-25H2,1-2H3. The minimum atomic E-state index is 0.00936. The summed E-state index contributed by atoms with van der Waals surface area (Å²) in [4.78, 5) is 17.3. The molecule has 0 atom stereocenters. The largest absolute Gasteiger partial charge is 0.372 e. The lowest BCUT2D eigenvalue weighted by Crippen LogP contribution is -2.57. The first-order chi connectivity index (χ1) is 15.2. The highest BCUT2D eigenvalue weighted by molar-refractivity contribution is 5.76. The van der Waals surface area contributed by atoms with Crippen molar-refractivity contribution in [3.63, 3.8) is 0 Å². The van der Waals surface area contributed by atoms with Gasteiger partial charge in [0, 0.05) is 32.6 Å². The summed E-state index contributed by atoms with van der Waals surface area (Å²) in [6.45, 7) is 10.5. The number of rotatable bonds is 16. The van der Waals surface area contributed by atoms with Crippen molar-refractivity contribution < 1.29 is 9.53 Å². The minimum Gasteiger partial charge on any atom is -0.372 e. The van der Waals surface area contributed by atoms with Crippen LogP contribution in [0.15, 0.2) is 0 Å². The zero-order chi connectivity index (χ0) is 22.2. The Morgan fingerprint density at radius 1 is 0.742 bits per heavy atom. The van der Waals surface area contributed by atoms with Crippen LogP contribution in [-0.2, 0) is 9.53 Å². The zero-order valence-electron chi connectivity index (χ0n) is 21.0. The highest BCUT2D eigenvalue weighted by Crippen LogP contribution is 2.30. The van der Waals surface area contributed by atoms with Gasteiger partial charge in [-0.2, -0.15) is 0 Å². The van der Waals surface area contributed by atoms with Gasteiger partial charge in [-0.05, 0) is 32.2 Å². The van der Waals surface area contributed by atoms with E-state index in [0.717, 1.165) is 58.5 Å². The lowest BCUT2D eigenvalue weighted by atomic mass is 9.89. The van der Waals surface area contributed by atoms with Crippen LogP contribution in [0.5, 0.6) is 0 Å². The van der Waals surface area contributed by atoms with Gasteiger partial charge in [0.1, 0.15) is 0 Å². The SMILES string of the molecule is CCCCCCCCCCCN1CCOC2(CCN(C(=O)CCCCCCC)CC2)C1. The second-order valence-electron chi connectivity index (χ2n) is 10.2. The second-order valence-corrected chi connectivity index (χ2v) is 10.2. The summed E-state index contributed by atoms with van der Waals surface area (Å²) in [6.07, 6.45) is 21.4. The normalized spacial score (nSPS) is 19.2. The van der Waals surface area contributed by atoms with E-state index in [1.54, 1.807) is 0 Å². The van der Waals surface area contributed by atoms with Crippen LogP contribution in [-0.4, -0.2) is 60.6 Å². The monoisotopic (exact) mass is 436 g/mol. The number of likely N-dealkylation sites (tertiary alicyclic amines) is 1. The molecule has 0 aromatic heterocycles. The molecule has 0 aromatic rings. The van der Waals surface area contributed by atoms with Crippen LogP contribution < -0.4 is 0 Å². The Balaban J connectivity index is 1.56. The summed E-state index contributed by atoms with van der Waals surface area (Å²) in [5.41, 5.74) is 0.00936.